The van der Waals surface area contributed by atoms with E-state index in [0.717, 1.165) is 36.3 Å². The SMILES string of the molecule is COc1ccc(NC(=O)CC[C@H]2CCCN(C(=O)C3=C(C)OCCO3)C2)c(C)c1. The molecular formula is C22H30N2O5. The first kappa shape index (κ1) is 21.0. The molecule has 7 nitrogen and oxygen atoms in total. The normalized spacial score (nSPS) is 19.3. The molecule has 1 atom stereocenters. The van der Waals surface area contributed by atoms with E-state index in [1.807, 2.05) is 30.0 Å². The number of carbonyl (C=O) groups excluding carboxylic acids is 2. The van der Waals surface area contributed by atoms with Gasteiger partial charge >= 0.3 is 0 Å². The number of benzene rings is 1. The minimum atomic E-state index is -0.106. The first-order valence-corrected chi connectivity index (χ1v) is 10.2. The highest BCUT2D eigenvalue weighted by Crippen LogP contribution is 2.25. The van der Waals surface area contributed by atoms with Crippen LogP contribution in [-0.4, -0.2) is 50.1 Å². The number of ether oxygens (including phenoxy) is 3. The van der Waals surface area contributed by atoms with E-state index in [0.29, 0.717) is 50.2 Å². The molecule has 158 valence electrons. The number of anilines is 1. The summed E-state index contributed by atoms with van der Waals surface area (Å²) in [5, 5.41) is 2.97. The van der Waals surface area contributed by atoms with Gasteiger partial charge in [-0.05, 0) is 62.8 Å². The van der Waals surface area contributed by atoms with Crippen molar-refractivity contribution in [1.82, 2.24) is 4.90 Å². The molecule has 2 aliphatic rings. The molecule has 3 rings (SSSR count). The number of nitrogens with one attached hydrogen (secondary N) is 1. The quantitative estimate of drug-likeness (QED) is 0.790. The van der Waals surface area contributed by atoms with E-state index < -0.39 is 0 Å². The van der Waals surface area contributed by atoms with Crippen molar-refractivity contribution in [2.75, 3.05) is 38.7 Å². The van der Waals surface area contributed by atoms with Crippen LogP contribution in [0.3, 0.4) is 0 Å². The van der Waals surface area contributed by atoms with E-state index in [-0.39, 0.29) is 11.8 Å². The van der Waals surface area contributed by atoms with Gasteiger partial charge < -0.3 is 24.4 Å². The number of amides is 2. The molecule has 1 aromatic carbocycles. The van der Waals surface area contributed by atoms with Crippen LogP contribution < -0.4 is 10.1 Å². The Labute approximate surface area is 172 Å². The average Bonchev–Trinajstić information content (AvgIpc) is 2.74. The number of hydrogen-bond donors (Lipinski definition) is 1. The summed E-state index contributed by atoms with van der Waals surface area (Å²) in [6, 6.07) is 5.59. The lowest BCUT2D eigenvalue weighted by atomic mass is 9.93. The van der Waals surface area contributed by atoms with Crippen LogP contribution in [0.15, 0.2) is 29.7 Å². The third kappa shape index (κ3) is 5.43. The molecular weight excluding hydrogens is 372 g/mol. The number of likely N-dealkylation sites (tertiary alicyclic amines) is 1. The van der Waals surface area contributed by atoms with Gasteiger partial charge in [0.15, 0.2) is 0 Å². The fourth-order valence-electron chi connectivity index (χ4n) is 3.80. The second-order valence-corrected chi connectivity index (χ2v) is 7.61. The molecule has 7 heteroatoms. The minimum Gasteiger partial charge on any atom is -0.497 e. The first-order valence-electron chi connectivity index (χ1n) is 10.2. The summed E-state index contributed by atoms with van der Waals surface area (Å²) < 4.78 is 16.2. The molecule has 2 amide bonds. The van der Waals surface area contributed by atoms with E-state index >= 15 is 0 Å². The predicted octanol–water partition coefficient (Wildman–Crippen LogP) is 3.24. The second kappa shape index (κ2) is 9.67. The van der Waals surface area contributed by atoms with E-state index in [4.69, 9.17) is 14.2 Å². The molecule has 0 aromatic heterocycles. The Hall–Kier alpha value is -2.70. The Kier molecular flexibility index (Phi) is 7.01. The third-order valence-electron chi connectivity index (χ3n) is 5.46. The molecule has 0 radical (unpaired) electrons. The summed E-state index contributed by atoms with van der Waals surface area (Å²) in [5.41, 5.74) is 1.76. The number of rotatable bonds is 6. The number of hydrogen-bond acceptors (Lipinski definition) is 5. The first-order chi connectivity index (χ1) is 14.0. The van der Waals surface area contributed by atoms with Crippen LogP contribution in [0.1, 0.15) is 38.2 Å². The molecule has 29 heavy (non-hydrogen) atoms. The highest BCUT2D eigenvalue weighted by atomic mass is 16.6. The molecule has 1 saturated heterocycles. The molecule has 1 fully saturated rings. The van der Waals surface area contributed by atoms with Gasteiger partial charge in [-0.15, -0.1) is 0 Å². The maximum Gasteiger partial charge on any atom is 0.292 e. The van der Waals surface area contributed by atoms with Gasteiger partial charge in [0.2, 0.25) is 11.7 Å². The average molecular weight is 402 g/mol. The van der Waals surface area contributed by atoms with Gasteiger partial charge in [-0.3, -0.25) is 9.59 Å². The van der Waals surface area contributed by atoms with Crippen molar-refractivity contribution in [2.24, 2.45) is 5.92 Å². The summed E-state index contributed by atoms with van der Waals surface area (Å²) in [7, 11) is 1.62. The van der Waals surface area contributed by atoms with Crippen molar-refractivity contribution in [2.45, 2.75) is 39.5 Å². The smallest absolute Gasteiger partial charge is 0.292 e. The number of allylic oxidation sites excluding steroid dienone is 1. The third-order valence-corrected chi connectivity index (χ3v) is 5.46. The van der Waals surface area contributed by atoms with Gasteiger partial charge in [-0.25, -0.2) is 0 Å². The maximum atomic E-state index is 12.8. The van der Waals surface area contributed by atoms with Gasteiger partial charge in [0.05, 0.1) is 7.11 Å². The molecule has 0 saturated carbocycles. The number of methoxy groups -OCH3 is 1. The largest absolute Gasteiger partial charge is 0.497 e. The van der Waals surface area contributed by atoms with Crippen molar-refractivity contribution >= 4 is 17.5 Å². The standard InChI is InChI=1S/C22H30N2O5/c1-15-13-18(27-3)7-8-19(15)23-20(25)9-6-17-5-4-10-24(14-17)22(26)21-16(2)28-11-12-29-21/h7-8,13,17H,4-6,9-12,14H2,1-3H3,(H,23,25)/t17-/m1/s1. The van der Waals surface area contributed by atoms with Crippen LogP contribution in [0, 0.1) is 12.8 Å². The zero-order valence-corrected chi connectivity index (χ0v) is 17.5. The zero-order chi connectivity index (χ0) is 20.8. The Morgan fingerprint density at radius 3 is 2.76 bits per heavy atom. The highest BCUT2D eigenvalue weighted by molar-refractivity contribution is 5.92. The van der Waals surface area contributed by atoms with E-state index in [1.165, 1.54) is 0 Å². The van der Waals surface area contributed by atoms with Crippen LogP contribution in [-0.2, 0) is 19.1 Å². The molecule has 1 aromatic rings. The van der Waals surface area contributed by atoms with Crippen LogP contribution in [0.4, 0.5) is 5.69 Å². The van der Waals surface area contributed by atoms with Crippen LogP contribution >= 0.6 is 0 Å². The summed E-state index contributed by atoms with van der Waals surface area (Å²) in [6.07, 6.45) is 3.14. The van der Waals surface area contributed by atoms with Gasteiger partial charge in [-0.1, -0.05) is 0 Å². The molecule has 0 unspecified atom stereocenters. The summed E-state index contributed by atoms with van der Waals surface area (Å²) >= 11 is 0. The molecule has 0 aliphatic carbocycles. The zero-order valence-electron chi connectivity index (χ0n) is 17.5. The fourth-order valence-corrected chi connectivity index (χ4v) is 3.80. The fraction of sp³-hybridized carbons (Fsp3) is 0.545. The van der Waals surface area contributed by atoms with Gasteiger partial charge in [-0.2, -0.15) is 0 Å². The summed E-state index contributed by atoms with van der Waals surface area (Å²) in [4.78, 5) is 27.0. The van der Waals surface area contributed by atoms with Crippen molar-refractivity contribution in [1.29, 1.82) is 0 Å². The highest BCUT2D eigenvalue weighted by Gasteiger charge is 2.29. The van der Waals surface area contributed by atoms with Gasteiger partial charge in [0.1, 0.15) is 24.7 Å². The van der Waals surface area contributed by atoms with Crippen molar-refractivity contribution < 1.29 is 23.8 Å². The number of piperidine rings is 1. The molecule has 2 heterocycles. The van der Waals surface area contributed by atoms with Crippen LogP contribution in [0.25, 0.3) is 0 Å². The lowest BCUT2D eigenvalue weighted by Gasteiger charge is -2.34. The number of carbonyl (C=O) groups is 2. The van der Waals surface area contributed by atoms with E-state index in [9.17, 15) is 9.59 Å². The Balaban J connectivity index is 1.50. The maximum absolute atomic E-state index is 12.8. The Bertz CT molecular complexity index is 789. The monoisotopic (exact) mass is 402 g/mol. The van der Waals surface area contributed by atoms with Crippen LogP contribution in [0.5, 0.6) is 5.75 Å². The van der Waals surface area contributed by atoms with Crippen molar-refractivity contribution in [3.8, 4) is 5.75 Å². The number of aryl methyl sites for hydroxylation is 1. The molecule has 2 aliphatic heterocycles. The Morgan fingerprint density at radius 1 is 1.24 bits per heavy atom. The van der Waals surface area contributed by atoms with Crippen molar-refractivity contribution in [3.63, 3.8) is 0 Å². The molecule has 0 spiro atoms. The van der Waals surface area contributed by atoms with E-state index in [2.05, 4.69) is 5.32 Å². The lowest BCUT2D eigenvalue weighted by Crippen LogP contribution is -2.42. The van der Waals surface area contributed by atoms with Gasteiger partial charge in [0, 0.05) is 25.2 Å². The van der Waals surface area contributed by atoms with Gasteiger partial charge in [0.25, 0.3) is 5.91 Å². The molecule has 1 N–H and O–H groups in total. The number of nitrogens with zero attached hydrogens (tertiary/aromatic N) is 1. The van der Waals surface area contributed by atoms with Crippen LogP contribution in [0.2, 0.25) is 0 Å². The second-order valence-electron chi connectivity index (χ2n) is 7.61. The predicted molar refractivity (Wildman–Crippen MR) is 110 cm³/mol. The molecule has 0 bridgehead atoms. The topological polar surface area (TPSA) is 77.1 Å². The van der Waals surface area contributed by atoms with Crippen molar-refractivity contribution in [3.05, 3.63) is 35.3 Å². The summed E-state index contributed by atoms with van der Waals surface area (Å²) in [6.45, 7) is 5.95. The van der Waals surface area contributed by atoms with E-state index in [1.54, 1.807) is 14.0 Å². The minimum absolute atomic E-state index is 0.00992. The lowest BCUT2D eigenvalue weighted by molar-refractivity contribution is -0.134. The summed E-state index contributed by atoms with van der Waals surface area (Å²) in [5.74, 6) is 1.84. The Morgan fingerprint density at radius 2 is 2.03 bits per heavy atom.